The minimum atomic E-state index is -1.17. The summed E-state index contributed by atoms with van der Waals surface area (Å²) in [6.45, 7) is 1.87. The predicted molar refractivity (Wildman–Crippen MR) is 62.4 cm³/mol. The standard InChI is InChI=1S/C13H15NO2/c1-3-13(16)11(9-12(15)14(13)2)10-7-5-4-6-8-10/h4-9,16H,3H2,1-2H3. The van der Waals surface area contributed by atoms with Gasteiger partial charge in [0.1, 0.15) is 0 Å². The molecule has 1 amide bonds. The van der Waals surface area contributed by atoms with Crippen LogP contribution in [0, 0.1) is 0 Å². The van der Waals surface area contributed by atoms with Crippen LogP contribution in [0.5, 0.6) is 0 Å². The summed E-state index contributed by atoms with van der Waals surface area (Å²) in [5, 5.41) is 10.5. The Morgan fingerprint density at radius 2 is 1.94 bits per heavy atom. The van der Waals surface area contributed by atoms with Crippen LogP contribution in [-0.4, -0.2) is 28.7 Å². The van der Waals surface area contributed by atoms with Gasteiger partial charge in [0.05, 0.1) is 0 Å². The van der Waals surface area contributed by atoms with Crippen LogP contribution >= 0.6 is 0 Å². The van der Waals surface area contributed by atoms with Gasteiger partial charge in [-0.1, -0.05) is 37.3 Å². The van der Waals surface area contributed by atoms with E-state index in [1.165, 1.54) is 11.0 Å². The van der Waals surface area contributed by atoms with E-state index in [1.807, 2.05) is 37.3 Å². The topological polar surface area (TPSA) is 40.5 Å². The Labute approximate surface area is 95.0 Å². The molecule has 1 N–H and O–H groups in total. The molecule has 0 spiro atoms. The Morgan fingerprint density at radius 3 is 2.50 bits per heavy atom. The van der Waals surface area contributed by atoms with Crippen molar-refractivity contribution in [2.75, 3.05) is 7.05 Å². The molecular formula is C13H15NO2. The highest BCUT2D eigenvalue weighted by atomic mass is 16.3. The number of hydrogen-bond acceptors (Lipinski definition) is 2. The SMILES string of the molecule is CCC1(O)C(c2ccccc2)=CC(=O)N1C. The molecule has 1 aliphatic heterocycles. The Bertz CT molecular complexity index is 439. The zero-order valence-electron chi connectivity index (χ0n) is 9.47. The van der Waals surface area contributed by atoms with Crippen LogP contribution in [0.15, 0.2) is 36.4 Å². The van der Waals surface area contributed by atoms with Crippen LogP contribution in [0.4, 0.5) is 0 Å². The monoisotopic (exact) mass is 217 g/mol. The van der Waals surface area contributed by atoms with Crippen molar-refractivity contribution in [3.63, 3.8) is 0 Å². The third-order valence-electron chi connectivity index (χ3n) is 3.16. The average molecular weight is 217 g/mol. The molecule has 3 heteroatoms. The summed E-state index contributed by atoms with van der Waals surface area (Å²) in [6, 6.07) is 9.51. The molecule has 1 heterocycles. The van der Waals surface area contributed by atoms with Crippen LogP contribution in [0.25, 0.3) is 5.57 Å². The van der Waals surface area contributed by atoms with E-state index in [0.717, 1.165) is 5.56 Å². The molecule has 1 aromatic rings. The van der Waals surface area contributed by atoms with Gasteiger partial charge in [-0.25, -0.2) is 0 Å². The first-order valence-electron chi connectivity index (χ1n) is 5.37. The fourth-order valence-electron chi connectivity index (χ4n) is 2.06. The molecule has 0 saturated carbocycles. The first kappa shape index (κ1) is 10.9. The molecule has 0 radical (unpaired) electrons. The van der Waals surface area contributed by atoms with Gasteiger partial charge in [-0.2, -0.15) is 0 Å². The largest absolute Gasteiger partial charge is 0.367 e. The van der Waals surface area contributed by atoms with Gasteiger partial charge in [-0.3, -0.25) is 4.79 Å². The number of carbonyl (C=O) groups excluding carboxylic acids is 1. The smallest absolute Gasteiger partial charge is 0.249 e. The first-order chi connectivity index (χ1) is 7.59. The van der Waals surface area contributed by atoms with Gasteiger partial charge in [-0.05, 0) is 12.0 Å². The van der Waals surface area contributed by atoms with Gasteiger partial charge in [0.2, 0.25) is 5.91 Å². The van der Waals surface area contributed by atoms with E-state index in [0.29, 0.717) is 12.0 Å². The Kier molecular flexibility index (Phi) is 2.56. The maximum atomic E-state index is 11.6. The lowest BCUT2D eigenvalue weighted by atomic mass is 9.95. The van der Waals surface area contributed by atoms with Crippen molar-refractivity contribution in [1.82, 2.24) is 4.90 Å². The predicted octanol–water partition coefficient (Wildman–Crippen LogP) is 1.64. The first-order valence-corrected chi connectivity index (χ1v) is 5.37. The molecule has 1 aliphatic rings. The number of nitrogens with zero attached hydrogens (tertiary/aromatic N) is 1. The second kappa shape index (κ2) is 3.76. The van der Waals surface area contributed by atoms with Crippen molar-refractivity contribution >= 4 is 11.5 Å². The summed E-state index contributed by atoms with van der Waals surface area (Å²) < 4.78 is 0. The molecule has 84 valence electrons. The fourth-order valence-corrected chi connectivity index (χ4v) is 2.06. The van der Waals surface area contributed by atoms with Crippen LogP contribution in [-0.2, 0) is 4.79 Å². The normalized spacial score (nSPS) is 24.8. The van der Waals surface area contributed by atoms with Crippen molar-refractivity contribution in [3.8, 4) is 0 Å². The maximum Gasteiger partial charge on any atom is 0.249 e. The molecule has 0 bridgehead atoms. The molecule has 1 unspecified atom stereocenters. The van der Waals surface area contributed by atoms with E-state index < -0.39 is 5.72 Å². The molecule has 0 aliphatic carbocycles. The number of hydrogen-bond donors (Lipinski definition) is 1. The number of carbonyl (C=O) groups is 1. The molecule has 3 nitrogen and oxygen atoms in total. The van der Waals surface area contributed by atoms with Crippen molar-refractivity contribution in [2.45, 2.75) is 19.1 Å². The van der Waals surface area contributed by atoms with Crippen LogP contribution in [0.1, 0.15) is 18.9 Å². The van der Waals surface area contributed by atoms with Gasteiger partial charge in [0, 0.05) is 18.7 Å². The minimum Gasteiger partial charge on any atom is -0.367 e. The van der Waals surface area contributed by atoms with Crippen molar-refractivity contribution < 1.29 is 9.90 Å². The maximum absolute atomic E-state index is 11.6. The summed E-state index contributed by atoms with van der Waals surface area (Å²) in [5.74, 6) is -0.150. The lowest BCUT2D eigenvalue weighted by molar-refractivity contribution is -0.137. The van der Waals surface area contributed by atoms with Gasteiger partial charge in [0.15, 0.2) is 5.72 Å². The summed E-state index contributed by atoms with van der Waals surface area (Å²) in [4.78, 5) is 13.0. The molecule has 2 rings (SSSR count). The highest BCUT2D eigenvalue weighted by Crippen LogP contribution is 2.37. The zero-order valence-corrected chi connectivity index (χ0v) is 9.47. The number of benzene rings is 1. The zero-order chi connectivity index (χ0) is 11.8. The molecule has 0 saturated heterocycles. The quantitative estimate of drug-likeness (QED) is 0.818. The highest BCUT2D eigenvalue weighted by molar-refractivity contribution is 6.02. The third-order valence-corrected chi connectivity index (χ3v) is 3.16. The molecule has 1 atom stereocenters. The van der Waals surface area contributed by atoms with Crippen LogP contribution < -0.4 is 0 Å². The van der Waals surface area contributed by atoms with E-state index in [2.05, 4.69) is 0 Å². The van der Waals surface area contributed by atoms with Crippen LogP contribution in [0.3, 0.4) is 0 Å². The van der Waals surface area contributed by atoms with E-state index in [-0.39, 0.29) is 5.91 Å². The van der Waals surface area contributed by atoms with E-state index >= 15 is 0 Å². The number of aliphatic hydroxyl groups is 1. The third kappa shape index (κ3) is 1.44. The van der Waals surface area contributed by atoms with E-state index in [1.54, 1.807) is 7.05 Å². The molecule has 1 aromatic carbocycles. The second-order valence-electron chi connectivity index (χ2n) is 3.99. The van der Waals surface area contributed by atoms with Gasteiger partial charge >= 0.3 is 0 Å². The summed E-state index contributed by atoms with van der Waals surface area (Å²) in [5.41, 5.74) is 0.408. The van der Waals surface area contributed by atoms with E-state index in [9.17, 15) is 9.90 Å². The van der Waals surface area contributed by atoms with E-state index in [4.69, 9.17) is 0 Å². The van der Waals surface area contributed by atoms with Gasteiger partial charge in [-0.15, -0.1) is 0 Å². The average Bonchev–Trinajstić information content (AvgIpc) is 2.56. The van der Waals surface area contributed by atoms with Crippen LogP contribution in [0.2, 0.25) is 0 Å². The summed E-state index contributed by atoms with van der Waals surface area (Å²) in [6.07, 6.45) is 1.99. The van der Waals surface area contributed by atoms with Crippen molar-refractivity contribution in [2.24, 2.45) is 0 Å². The van der Waals surface area contributed by atoms with Crippen molar-refractivity contribution in [1.29, 1.82) is 0 Å². The van der Waals surface area contributed by atoms with Crippen molar-refractivity contribution in [3.05, 3.63) is 42.0 Å². The summed E-state index contributed by atoms with van der Waals surface area (Å²) in [7, 11) is 1.62. The fraction of sp³-hybridized carbons (Fsp3) is 0.308. The molecule has 0 fully saturated rings. The van der Waals surface area contributed by atoms with Gasteiger partial charge < -0.3 is 10.0 Å². The number of rotatable bonds is 2. The molecule has 0 aromatic heterocycles. The minimum absolute atomic E-state index is 0.150. The Hall–Kier alpha value is -1.61. The molecular weight excluding hydrogens is 202 g/mol. The Balaban J connectivity index is 2.49. The van der Waals surface area contributed by atoms with Gasteiger partial charge in [0.25, 0.3) is 0 Å². The Morgan fingerprint density at radius 1 is 1.31 bits per heavy atom. The molecule has 16 heavy (non-hydrogen) atoms. The summed E-state index contributed by atoms with van der Waals surface area (Å²) >= 11 is 0. The second-order valence-corrected chi connectivity index (χ2v) is 3.99. The lowest BCUT2D eigenvalue weighted by Crippen LogP contribution is -2.44. The number of amides is 1. The lowest BCUT2D eigenvalue weighted by Gasteiger charge is -2.32. The highest BCUT2D eigenvalue weighted by Gasteiger charge is 2.42. The number of likely N-dealkylation sites (N-methyl/N-ethyl adjacent to an activating group) is 1.